The molecule has 33 heavy (non-hydrogen) atoms. The molecule has 1 amide bonds. The Balaban J connectivity index is 1.50. The predicted molar refractivity (Wildman–Crippen MR) is 133 cm³/mol. The van der Waals surface area contributed by atoms with Crippen LogP contribution in [0.3, 0.4) is 0 Å². The second-order valence-electron chi connectivity index (χ2n) is 8.45. The minimum absolute atomic E-state index is 0.140. The molecule has 4 aromatic rings. The van der Waals surface area contributed by atoms with Gasteiger partial charge in [0.2, 0.25) is 5.89 Å². The summed E-state index contributed by atoms with van der Waals surface area (Å²) in [5.74, 6) is 1.59. The van der Waals surface area contributed by atoms with Crippen molar-refractivity contribution in [3.8, 4) is 17.2 Å². The summed E-state index contributed by atoms with van der Waals surface area (Å²) in [7, 11) is 0. The zero-order valence-corrected chi connectivity index (χ0v) is 19.6. The monoisotopic (exact) mass is 442 g/mol. The summed E-state index contributed by atoms with van der Waals surface area (Å²) in [6.45, 7) is 8.49. The Morgan fingerprint density at radius 3 is 2.52 bits per heavy atom. The van der Waals surface area contributed by atoms with Gasteiger partial charge in [-0.25, -0.2) is 4.98 Å². The van der Waals surface area contributed by atoms with Gasteiger partial charge >= 0.3 is 0 Å². The number of rotatable bonds is 8. The fraction of sp³-hybridized carbons (Fsp3) is 0.286. The number of nitrogens with one attached hydrogen (secondary N) is 1. The van der Waals surface area contributed by atoms with Gasteiger partial charge in [-0.15, -0.1) is 0 Å². The van der Waals surface area contributed by atoms with Crippen LogP contribution in [0.25, 0.3) is 22.6 Å². The summed E-state index contributed by atoms with van der Waals surface area (Å²) >= 11 is 0. The summed E-state index contributed by atoms with van der Waals surface area (Å²) < 4.78 is 11.8. The maximum absolute atomic E-state index is 12.7. The largest absolute Gasteiger partial charge is 0.491 e. The Labute approximate surface area is 194 Å². The zero-order valence-electron chi connectivity index (χ0n) is 19.6. The van der Waals surface area contributed by atoms with Crippen LogP contribution in [0.5, 0.6) is 5.75 Å². The van der Waals surface area contributed by atoms with Gasteiger partial charge < -0.3 is 14.5 Å². The van der Waals surface area contributed by atoms with Gasteiger partial charge in [0, 0.05) is 16.8 Å². The molecule has 1 N–H and O–H groups in total. The maximum Gasteiger partial charge on any atom is 0.255 e. The van der Waals surface area contributed by atoms with E-state index in [1.807, 2.05) is 49.4 Å². The van der Waals surface area contributed by atoms with Crippen LogP contribution in [0.2, 0.25) is 0 Å². The summed E-state index contributed by atoms with van der Waals surface area (Å²) in [5, 5.41) is 2.96. The maximum atomic E-state index is 12.7. The van der Waals surface area contributed by atoms with E-state index in [2.05, 4.69) is 43.2 Å². The number of benzene rings is 3. The first-order valence-electron chi connectivity index (χ1n) is 11.6. The zero-order chi connectivity index (χ0) is 23.4. The molecule has 2 atom stereocenters. The molecule has 0 aliphatic carbocycles. The quantitative estimate of drug-likeness (QED) is 0.308. The lowest BCUT2D eigenvalue weighted by molar-refractivity contribution is 0.102. The number of hydrogen-bond donors (Lipinski definition) is 1. The Hall–Kier alpha value is -3.60. The summed E-state index contributed by atoms with van der Waals surface area (Å²) in [4.78, 5) is 17.4. The molecule has 0 saturated heterocycles. The normalized spacial score (nSPS) is 13.0. The van der Waals surface area contributed by atoms with Crippen LogP contribution in [0.1, 0.15) is 62.4 Å². The highest BCUT2D eigenvalue weighted by atomic mass is 16.5. The molecular formula is C28H30N2O3. The van der Waals surface area contributed by atoms with Gasteiger partial charge in [-0.2, -0.15) is 0 Å². The third kappa shape index (κ3) is 5.25. The summed E-state index contributed by atoms with van der Waals surface area (Å²) in [6, 6.07) is 20.9. The molecule has 5 nitrogen and oxygen atoms in total. The average Bonchev–Trinajstić information content (AvgIpc) is 3.27. The molecule has 0 bridgehead atoms. The van der Waals surface area contributed by atoms with Gasteiger partial charge in [-0.1, -0.05) is 32.9 Å². The van der Waals surface area contributed by atoms with E-state index in [1.54, 1.807) is 12.1 Å². The number of nitrogens with zero attached hydrogens (tertiary/aromatic N) is 1. The number of carbonyl (C=O) groups excluding carboxylic acids is 1. The molecule has 0 saturated carbocycles. The van der Waals surface area contributed by atoms with Crippen molar-refractivity contribution < 1.29 is 13.9 Å². The standard InChI is InChI=1S/C28H30N2O3/c1-5-18(3)21-12-15-26-25(17-21)30-28(33-26)22-8-7-9-23(16-22)29-27(31)20-10-13-24(14-11-20)32-19(4)6-2/h7-19H,5-6H2,1-4H3,(H,29,31)/t18-,19-/m0/s1. The molecule has 0 aliphatic rings. The molecule has 1 heterocycles. The number of ether oxygens (including phenoxy) is 1. The molecule has 0 radical (unpaired) electrons. The van der Waals surface area contributed by atoms with Crippen molar-refractivity contribution in [2.75, 3.05) is 5.32 Å². The molecular weight excluding hydrogens is 412 g/mol. The highest BCUT2D eigenvalue weighted by Crippen LogP contribution is 2.29. The first kappa shape index (κ1) is 22.6. The number of anilines is 1. The number of carbonyl (C=O) groups is 1. The molecule has 5 heteroatoms. The molecule has 0 fully saturated rings. The predicted octanol–water partition coefficient (Wildman–Crippen LogP) is 7.44. The SMILES string of the molecule is CC[C@H](C)Oc1ccc(C(=O)Nc2cccc(-c3nc4cc([C@@H](C)CC)ccc4o3)c2)cc1. The fourth-order valence-corrected chi connectivity index (χ4v) is 3.54. The van der Waals surface area contributed by atoms with E-state index in [-0.39, 0.29) is 12.0 Å². The Morgan fingerprint density at radius 1 is 1.00 bits per heavy atom. The van der Waals surface area contributed by atoms with E-state index in [0.29, 0.717) is 23.1 Å². The van der Waals surface area contributed by atoms with Crippen LogP contribution in [-0.4, -0.2) is 17.0 Å². The lowest BCUT2D eigenvalue weighted by Gasteiger charge is -2.12. The first-order valence-corrected chi connectivity index (χ1v) is 11.6. The summed E-state index contributed by atoms with van der Waals surface area (Å²) in [6.07, 6.45) is 2.14. The van der Waals surface area contributed by atoms with Crippen LogP contribution < -0.4 is 10.1 Å². The van der Waals surface area contributed by atoms with Crippen LogP contribution in [0, 0.1) is 0 Å². The Bertz CT molecular complexity index is 1240. The second kappa shape index (κ2) is 9.90. The molecule has 4 rings (SSSR count). The fourth-order valence-electron chi connectivity index (χ4n) is 3.54. The number of hydrogen-bond acceptors (Lipinski definition) is 4. The van der Waals surface area contributed by atoms with E-state index in [9.17, 15) is 4.79 Å². The smallest absolute Gasteiger partial charge is 0.255 e. The number of amides is 1. The van der Waals surface area contributed by atoms with Crippen molar-refractivity contribution in [2.24, 2.45) is 0 Å². The average molecular weight is 443 g/mol. The minimum Gasteiger partial charge on any atom is -0.491 e. The molecule has 3 aromatic carbocycles. The highest BCUT2D eigenvalue weighted by Gasteiger charge is 2.13. The lowest BCUT2D eigenvalue weighted by atomic mass is 9.98. The van der Waals surface area contributed by atoms with Crippen molar-refractivity contribution in [1.82, 2.24) is 4.98 Å². The third-order valence-corrected chi connectivity index (χ3v) is 5.99. The van der Waals surface area contributed by atoms with E-state index in [0.717, 1.165) is 35.3 Å². The molecule has 0 aliphatic heterocycles. The van der Waals surface area contributed by atoms with Gasteiger partial charge in [0.25, 0.3) is 5.91 Å². The Kier molecular flexibility index (Phi) is 6.78. The second-order valence-corrected chi connectivity index (χ2v) is 8.45. The van der Waals surface area contributed by atoms with Crippen LogP contribution in [0.4, 0.5) is 5.69 Å². The van der Waals surface area contributed by atoms with E-state index >= 15 is 0 Å². The van der Waals surface area contributed by atoms with Crippen molar-refractivity contribution in [2.45, 2.75) is 52.6 Å². The molecule has 0 spiro atoms. The third-order valence-electron chi connectivity index (χ3n) is 5.99. The number of fused-ring (bicyclic) bond motifs is 1. The minimum atomic E-state index is -0.182. The van der Waals surface area contributed by atoms with Gasteiger partial charge in [0.05, 0.1) is 6.10 Å². The van der Waals surface area contributed by atoms with E-state index in [1.165, 1.54) is 5.56 Å². The van der Waals surface area contributed by atoms with E-state index < -0.39 is 0 Å². The van der Waals surface area contributed by atoms with Crippen molar-refractivity contribution in [3.05, 3.63) is 77.9 Å². The number of aromatic nitrogens is 1. The van der Waals surface area contributed by atoms with Gasteiger partial charge in [0.1, 0.15) is 11.3 Å². The van der Waals surface area contributed by atoms with E-state index in [4.69, 9.17) is 9.15 Å². The Morgan fingerprint density at radius 2 is 1.79 bits per heavy atom. The first-order chi connectivity index (χ1) is 16.0. The lowest BCUT2D eigenvalue weighted by Crippen LogP contribution is -2.12. The molecule has 170 valence electrons. The van der Waals surface area contributed by atoms with Gasteiger partial charge in [-0.3, -0.25) is 4.79 Å². The molecule has 0 unspecified atom stereocenters. The van der Waals surface area contributed by atoms with Gasteiger partial charge in [0.15, 0.2) is 5.58 Å². The highest BCUT2D eigenvalue weighted by molar-refractivity contribution is 6.04. The van der Waals surface area contributed by atoms with Crippen LogP contribution in [0.15, 0.2) is 71.1 Å². The summed E-state index contributed by atoms with van der Waals surface area (Å²) in [5.41, 5.74) is 4.91. The topological polar surface area (TPSA) is 64.4 Å². The van der Waals surface area contributed by atoms with Crippen LogP contribution in [-0.2, 0) is 0 Å². The number of oxazole rings is 1. The van der Waals surface area contributed by atoms with Crippen LogP contribution >= 0.6 is 0 Å². The molecule has 1 aromatic heterocycles. The van der Waals surface area contributed by atoms with Crippen molar-refractivity contribution in [3.63, 3.8) is 0 Å². The van der Waals surface area contributed by atoms with Crippen molar-refractivity contribution >= 4 is 22.7 Å². The van der Waals surface area contributed by atoms with Crippen molar-refractivity contribution in [1.29, 1.82) is 0 Å². The van der Waals surface area contributed by atoms with Gasteiger partial charge in [-0.05, 0) is 85.8 Å².